The van der Waals surface area contributed by atoms with Gasteiger partial charge in [0.15, 0.2) is 5.65 Å². The third-order valence-corrected chi connectivity index (χ3v) is 3.65. The number of rotatable bonds is 4. The van der Waals surface area contributed by atoms with Gasteiger partial charge in [0.25, 0.3) is 0 Å². The standard InChI is InChI=1S/C16H16FN3O2/c1-10-7-12(17)3-4-13(10)11-8-14-15(18-9-11)19-16(21)20(14)5-6-22-2/h3-4,7-9H,5-6H2,1-2H3,(H,18,19,21). The van der Waals surface area contributed by atoms with Crippen molar-refractivity contribution in [3.8, 4) is 11.1 Å². The van der Waals surface area contributed by atoms with Gasteiger partial charge in [-0.15, -0.1) is 0 Å². The van der Waals surface area contributed by atoms with Crippen LogP contribution in [0.1, 0.15) is 5.56 Å². The lowest BCUT2D eigenvalue weighted by molar-refractivity contribution is 0.187. The summed E-state index contributed by atoms with van der Waals surface area (Å²) in [5.74, 6) is -0.270. The van der Waals surface area contributed by atoms with E-state index in [1.54, 1.807) is 23.9 Å². The Kier molecular flexibility index (Phi) is 3.77. The predicted octanol–water partition coefficient (Wildman–Crippen LogP) is 2.49. The maximum Gasteiger partial charge on any atom is 0.327 e. The zero-order valence-corrected chi connectivity index (χ0v) is 12.4. The zero-order chi connectivity index (χ0) is 15.7. The molecule has 0 atom stereocenters. The topological polar surface area (TPSA) is 59.9 Å². The Morgan fingerprint density at radius 3 is 2.91 bits per heavy atom. The van der Waals surface area contributed by atoms with Gasteiger partial charge in [-0.25, -0.2) is 14.2 Å². The Labute approximate surface area is 126 Å². The summed E-state index contributed by atoms with van der Waals surface area (Å²) >= 11 is 0. The molecule has 1 aromatic carbocycles. The third kappa shape index (κ3) is 2.53. The van der Waals surface area contributed by atoms with Crippen molar-refractivity contribution >= 4 is 11.2 Å². The first-order chi connectivity index (χ1) is 10.6. The zero-order valence-electron chi connectivity index (χ0n) is 12.4. The lowest BCUT2D eigenvalue weighted by Crippen LogP contribution is -2.19. The van der Waals surface area contributed by atoms with E-state index in [-0.39, 0.29) is 11.5 Å². The van der Waals surface area contributed by atoms with Crippen molar-refractivity contribution in [3.05, 3.63) is 52.3 Å². The molecule has 5 nitrogen and oxygen atoms in total. The highest BCUT2D eigenvalue weighted by Crippen LogP contribution is 2.25. The number of aromatic amines is 1. The molecule has 0 saturated carbocycles. The fraction of sp³-hybridized carbons (Fsp3) is 0.250. The molecule has 0 aliphatic carbocycles. The van der Waals surface area contributed by atoms with E-state index < -0.39 is 0 Å². The van der Waals surface area contributed by atoms with E-state index in [9.17, 15) is 9.18 Å². The number of H-pyrrole nitrogens is 1. The monoisotopic (exact) mass is 301 g/mol. The second kappa shape index (κ2) is 5.73. The van der Waals surface area contributed by atoms with Crippen LogP contribution in [0.15, 0.2) is 35.3 Å². The number of pyridine rings is 1. The van der Waals surface area contributed by atoms with E-state index in [4.69, 9.17) is 4.74 Å². The van der Waals surface area contributed by atoms with E-state index in [1.165, 1.54) is 12.1 Å². The summed E-state index contributed by atoms with van der Waals surface area (Å²) in [6.45, 7) is 2.73. The quantitative estimate of drug-likeness (QED) is 0.805. The highest BCUT2D eigenvalue weighted by atomic mass is 19.1. The van der Waals surface area contributed by atoms with Gasteiger partial charge in [-0.2, -0.15) is 0 Å². The molecule has 3 aromatic rings. The average Bonchev–Trinajstić information content (AvgIpc) is 2.80. The van der Waals surface area contributed by atoms with Gasteiger partial charge >= 0.3 is 5.69 Å². The number of benzene rings is 1. The Morgan fingerprint density at radius 1 is 1.36 bits per heavy atom. The molecule has 22 heavy (non-hydrogen) atoms. The molecule has 0 radical (unpaired) electrons. The molecule has 0 unspecified atom stereocenters. The van der Waals surface area contributed by atoms with Crippen molar-refractivity contribution in [2.24, 2.45) is 0 Å². The summed E-state index contributed by atoms with van der Waals surface area (Å²) in [5.41, 5.74) is 3.58. The maximum atomic E-state index is 13.2. The highest BCUT2D eigenvalue weighted by Gasteiger charge is 2.10. The molecular weight excluding hydrogens is 285 g/mol. The third-order valence-electron chi connectivity index (χ3n) is 3.65. The van der Waals surface area contributed by atoms with Crippen LogP contribution >= 0.6 is 0 Å². The van der Waals surface area contributed by atoms with Gasteiger partial charge in [0, 0.05) is 18.9 Å². The van der Waals surface area contributed by atoms with Crippen molar-refractivity contribution < 1.29 is 9.13 Å². The molecule has 0 amide bonds. The van der Waals surface area contributed by atoms with Crippen molar-refractivity contribution in [1.29, 1.82) is 0 Å². The number of ether oxygens (including phenoxy) is 1. The fourth-order valence-corrected chi connectivity index (χ4v) is 2.54. The lowest BCUT2D eigenvalue weighted by Gasteiger charge is -2.07. The predicted molar refractivity (Wildman–Crippen MR) is 82.4 cm³/mol. The molecule has 2 heterocycles. The van der Waals surface area contributed by atoms with Crippen LogP contribution in [0.3, 0.4) is 0 Å². The van der Waals surface area contributed by atoms with Gasteiger partial charge in [0.2, 0.25) is 0 Å². The Hall–Kier alpha value is -2.47. The van der Waals surface area contributed by atoms with Crippen molar-refractivity contribution in [2.45, 2.75) is 13.5 Å². The summed E-state index contributed by atoms with van der Waals surface area (Å²) < 4.78 is 19.9. The molecule has 114 valence electrons. The van der Waals surface area contributed by atoms with Crippen LogP contribution in [0.4, 0.5) is 4.39 Å². The number of halogens is 1. The molecule has 0 aliphatic heterocycles. The second-order valence-corrected chi connectivity index (χ2v) is 5.13. The number of aryl methyl sites for hydroxylation is 1. The summed E-state index contributed by atoms with van der Waals surface area (Å²) in [6, 6.07) is 6.50. The first-order valence-corrected chi connectivity index (χ1v) is 6.94. The molecule has 0 spiro atoms. The van der Waals surface area contributed by atoms with Gasteiger partial charge < -0.3 is 4.74 Å². The SMILES string of the molecule is COCCn1c(=O)[nH]c2ncc(-c3ccc(F)cc3C)cc21. The van der Waals surface area contributed by atoms with Crippen molar-refractivity contribution in [3.63, 3.8) is 0 Å². The number of methoxy groups -OCH3 is 1. The van der Waals surface area contributed by atoms with Gasteiger partial charge in [0.1, 0.15) is 5.82 Å². The number of nitrogens with zero attached hydrogens (tertiary/aromatic N) is 2. The molecular formula is C16H16FN3O2. The normalized spacial score (nSPS) is 11.2. The van der Waals surface area contributed by atoms with Crippen LogP contribution in [-0.4, -0.2) is 28.3 Å². The van der Waals surface area contributed by atoms with E-state index in [0.29, 0.717) is 24.3 Å². The Morgan fingerprint density at radius 2 is 2.18 bits per heavy atom. The lowest BCUT2D eigenvalue weighted by atomic mass is 10.0. The van der Waals surface area contributed by atoms with E-state index >= 15 is 0 Å². The molecule has 0 bridgehead atoms. The van der Waals surface area contributed by atoms with Gasteiger partial charge in [0.05, 0.1) is 18.7 Å². The molecule has 0 saturated heterocycles. The number of hydrogen-bond acceptors (Lipinski definition) is 3. The van der Waals surface area contributed by atoms with Gasteiger partial charge in [-0.3, -0.25) is 9.55 Å². The summed E-state index contributed by atoms with van der Waals surface area (Å²) in [5, 5.41) is 0. The number of nitrogens with one attached hydrogen (secondary N) is 1. The van der Waals surface area contributed by atoms with E-state index in [1.807, 2.05) is 13.0 Å². The number of fused-ring (bicyclic) bond motifs is 1. The van der Waals surface area contributed by atoms with Crippen molar-refractivity contribution in [2.75, 3.05) is 13.7 Å². The minimum Gasteiger partial charge on any atom is -0.383 e. The van der Waals surface area contributed by atoms with Crippen LogP contribution in [0.2, 0.25) is 0 Å². The Balaban J connectivity index is 2.14. The first kappa shape index (κ1) is 14.5. The summed E-state index contributed by atoms with van der Waals surface area (Å²) in [4.78, 5) is 19.0. The van der Waals surface area contributed by atoms with Crippen LogP contribution in [0.5, 0.6) is 0 Å². The minimum atomic E-state index is -0.270. The van der Waals surface area contributed by atoms with E-state index in [2.05, 4.69) is 9.97 Å². The average molecular weight is 301 g/mol. The number of imidazole rings is 1. The van der Waals surface area contributed by atoms with Crippen molar-refractivity contribution in [1.82, 2.24) is 14.5 Å². The highest BCUT2D eigenvalue weighted by molar-refractivity contribution is 5.79. The number of aromatic nitrogens is 3. The summed E-state index contributed by atoms with van der Waals surface area (Å²) in [6.07, 6.45) is 1.68. The molecule has 0 aliphatic rings. The fourth-order valence-electron chi connectivity index (χ4n) is 2.54. The van der Waals surface area contributed by atoms with Gasteiger partial charge in [-0.05, 0) is 36.2 Å². The largest absolute Gasteiger partial charge is 0.383 e. The molecule has 3 rings (SSSR count). The van der Waals surface area contributed by atoms with Crippen LogP contribution in [0, 0.1) is 12.7 Å². The first-order valence-electron chi connectivity index (χ1n) is 6.94. The molecule has 2 aromatic heterocycles. The van der Waals surface area contributed by atoms with E-state index in [0.717, 1.165) is 16.7 Å². The van der Waals surface area contributed by atoms with Crippen LogP contribution in [-0.2, 0) is 11.3 Å². The molecule has 6 heteroatoms. The minimum absolute atomic E-state index is 0.215. The molecule has 1 N–H and O–H groups in total. The second-order valence-electron chi connectivity index (χ2n) is 5.13. The smallest absolute Gasteiger partial charge is 0.327 e. The van der Waals surface area contributed by atoms with Crippen LogP contribution < -0.4 is 5.69 Å². The van der Waals surface area contributed by atoms with Crippen LogP contribution in [0.25, 0.3) is 22.3 Å². The summed E-state index contributed by atoms with van der Waals surface area (Å²) in [7, 11) is 1.59. The Bertz CT molecular complexity index is 883. The molecule has 0 fully saturated rings. The van der Waals surface area contributed by atoms with Gasteiger partial charge in [-0.1, -0.05) is 6.07 Å². The number of hydrogen-bond donors (Lipinski definition) is 1. The maximum absolute atomic E-state index is 13.2.